The molecular formula is C13H15ClN4O. The second kappa shape index (κ2) is 5.32. The number of carbonyl (C=O) groups is 1. The fourth-order valence-electron chi connectivity index (χ4n) is 1.79. The van der Waals surface area contributed by atoms with Crippen LogP contribution in [0.2, 0.25) is 5.02 Å². The van der Waals surface area contributed by atoms with Gasteiger partial charge >= 0.3 is 0 Å². The number of carbonyl (C=O) groups excluding carboxylic acids is 1. The van der Waals surface area contributed by atoms with E-state index in [1.165, 1.54) is 0 Å². The number of nitrogens with zero attached hydrogens (tertiary/aromatic N) is 2. The van der Waals surface area contributed by atoms with E-state index in [1.807, 2.05) is 19.9 Å². The van der Waals surface area contributed by atoms with Gasteiger partial charge in [-0.15, -0.1) is 0 Å². The molecule has 0 spiro atoms. The van der Waals surface area contributed by atoms with Gasteiger partial charge in [0.05, 0.1) is 16.4 Å². The van der Waals surface area contributed by atoms with E-state index in [-0.39, 0.29) is 12.5 Å². The van der Waals surface area contributed by atoms with E-state index >= 15 is 0 Å². The molecule has 6 heteroatoms. The second-order valence-corrected chi connectivity index (χ2v) is 4.78. The maximum absolute atomic E-state index is 11.9. The van der Waals surface area contributed by atoms with Crippen molar-refractivity contribution >= 4 is 28.9 Å². The fraction of sp³-hybridized carbons (Fsp3) is 0.231. The van der Waals surface area contributed by atoms with Gasteiger partial charge in [0.1, 0.15) is 6.54 Å². The van der Waals surface area contributed by atoms with Gasteiger partial charge in [0.25, 0.3) is 0 Å². The molecule has 0 bridgehead atoms. The Morgan fingerprint density at radius 1 is 1.42 bits per heavy atom. The Kier molecular flexibility index (Phi) is 3.76. The molecule has 3 N–H and O–H groups in total. The number of nitrogen functional groups attached to an aromatic ring is 1. The van der Waals surface area contributed by atoms with Gasteiger partial charge in [-0.05, 0) is 38.1 Å². The summed E-state index contributed by atoms with van der Waals surface area (Å²) in [6.07, 6.45) is 0. The van der Waals surface area contributed by atoms with Crippen LogP contribution in [0.3, 0.4) is 0 Å². The summed E-state index contributed by atoms with van der Waals surface area (Å²) in [5.41, 5.74) is 8.57. The van der Waals surface area contributed by atoms with Crippen LogP contribution >= 0.6 is 11.6 Å². The fourth-order valence-corrected chi connectivity index (χ4v) is 1.91. The lowest BCUT2D eigenvalue weighted by atomic mass is 10.3. The largest absolute Gasteiger partial charge is 0.397 e. The van der Waals surface area contributed by atoms with Crippen LogP contribution in [-0.4, -0.2) is 15.7 Å². The Morgan fingerprint density at radius 3 is 2.74 bits per heavy atom. The molecule has 0 saturated carbocycles. The molecule has 100 valence electrons. The van der Waals surface area contributed by atoms with E-state index in [1.54, 1.807) is 22.9 Å². The molecular weight excluding hydrogens is 264 g/mol. The molecule has 19 heavy (non-hydrogen) atoms. The molecule has 0 saturated heterocycles. The number of nitrogens with one attached hydrogen (secondary N) is 1. The summed E-state index contributed by atoms with van der Waals surface area (Å²) in [5.74, 6) is -0.159. The standard InChI is InChI=1S/C13H15ClN4O/c1-8-5-9(2)18(17-8)7-13(19)16-10-3-4-11(14)12(15)6-10/h3-6H,7,15H2,1-2H3,(H,16,19). The number of aromatic nitrogens is 2. The number of benzene rings is 1. The minimum absolute atomic E-state index is 0.159. The zero-order chi connectivity index (χ0) is 14.0. The first kappa shape index (κ1) is 13.4. The van der Waals surface area contributed by atoms with Gasteiger partial charge in [-0.1, -0.05) is 11.6 Å². The van der Waals surface area contributed by atoms with E-state index in [9.17, 15) is 4.79 Å². The number of nitrogens with two attached hydrogens (primary N) is 1. The highest BCUT2D eigenvalue weighted by Gasteiger charge is 2.08. The molecule has 0 aliphatic rings. The topological polar surface area (TPSA) is 72.9 Å². The smallest absolute Gasteiger partial charge is 0.246 e. The molecule has 2 aromatic rings. The van der Waals surface area contributed by atoms with Crippen molar-refractivity contribution in [1.82, 2.24) is 9.78 Å². The van der Waals surface area contributed by atoms with Crippen molar-refractivity contribution in [1.29, 1.82) is 0 Å². The molecule has 0 atom stereocenters. The lowest BCUT2D eigenvalue weighted by molar-refractivity contribution is -0.116. The third kappa shape index (κ3) is 3.26. The summed E-state index contributed by atoms with van der Waals surface area (Å²) >= 11 is 5.82. The zero-order valence-electron chi connectivity index (χ0n) is 10.8. The summed E-state index contributed by atoms with van der Waals surface area (Å²) in [6, 6.07) is 6.91. The highest BCUT2D eigenvalue weighted by Crippen LogP contribution is 2.22. The Hall–Kier alpha value is -2.01. The minimum atomic E-state index is -0.159. The van der Waals surface area contributed by atoms with Gasteiger partial charge in [-0.3, -0.25) is 9.48 Å². The van der Waals surface area contributed by atoms with E-state index in [0.29, 0.717) is 16.4 Å². The minimum Gasteiger partial charge on any atom is -0.397 e. The van der Waals surface area contributed by atoms with Crippen LogP contribution in [0, 0.1) is 13.8 Å². The van der Waals surface area contributed by atoms with Crippen LogP contribution in [0.25, 0.3) is 0 Å². The van der Waals surface area contributed by atoms with Crippen LogP contribution in [0.15, 0.2) is 24.3 Å². The Balaban J connectivity index is 2.05. The first-order valence-electron chi connectivity index (χ1n) is 5.81. The van der Waals surface area contributed by atoms with Crippen molar-refractivity contribution < 1.29 is 4.79 Å². The number of aryl methyl sites for hydroxylation is 2. The summed E-state index contributed by atoms with van der Waals surface area (Å²) < 4.78 is 1.66. The molecule has 1 amide bonds. The summed E-state index contributed by atoms with van der Waals surface area (Å²) in [7, 11) is 0. The van der Waals surface area contributed by atoms with Gasteiger partial charge in [0.2, 0.25) is 5.91 Å². The predicted octanol–water partition coefficient (Wildman–Crippen LogP) is 2.37. The van der Waals surface area contributed by atoms with Crippen molar-refractivity contribution in [2.45, 2.75) is 20.4 Å². The number of hydrogen-bond acceptors (Lipinski definition) is 3. The van der Waals surface area contributed by atoms with Crippen LogP contribution < -0.4 is 11.1 Å². The monoisotopic (exact) mass is 278 g/mol. The van der Waals surface area contributed by atoms with Crippen molar-refractivity contribution in [3.63, 3.8) is 0 Å². The number of amides is 1. The summed E-state index contributed by atoms with van der Waals surface area (Å²) in [6.45, 7) is 3.97. The van der Waals surface area contributed by atoms with Crippen molar-refractivity contribution in [2.75, 3.05) is 11.1 Å². The molecule has 0 aliphatic carbocycles. The van der Waals surface area contributed by atoms with Crippen molar-refractivity contribution in [2.24, 2.45) is 0 Å². The first-order chi connectivity index (χ1) is 8.95. The normalized spacial score (nSPS) is 10.5. The molecule has 0 unspecified atom stereocenters. The van der Waals surface area contributed by atoms with Crippen LogP contribution in [-0.2, 0) is 11.3 Å². The molecule has 0 radical (unpaired) electrons. The molecule has 0 aliphatic heterocycles. The van der Waals surface area contributed by atoms with Gasteiger partial charge in [0.15, 0.2) is 0 Å². The zero-order valence-corrected chi connectivity index (χ0v) is 11.5. The maximum atomic E-state index is 11.9. The SMILES string of the molecule is Cc1cc(C)n(CC(=O)Nc2ccc(Cl)c(N)c2)n1. The third-order valence-electron chi connectivity index (χ3n) is 2.68. The quantitative estimate of drug-likeness (QED) is 0.847. The highest BCUT2D eigenvalue weighted by molar-refractivity contribution is 6.33. The molecule has 1 aromatic carbocycles. The molecule has 1 aromatic heterocycles. The maximum Gasteiger partial charge on any atom is 0.246 e. The summed E-state index contributed by atoms with van der Waals surface area (Å²) in [4.78, 5) is 11.9. The van der Waals surface area contributed by atoms with Crippen LogP contribution in [0.4, 0.5) is 11.4 Å². The molecule has 2 rings (SSSR count). The van der Waals surface area contributed by atoms with Crippen LogP contribution in [0.5, 0.6) is 0 Å². The molecule has 1 heterocycles. The number of hydrogen-bond donors (Lipinski definition) is 2. The predicted molar refractivity (Wildman–Crippen MR) is 76.2 cm³/mol. The first-order valence-corrected chi connectivity index (χ1v) is 6.19. The van der Waals surface area contributed by atoms with E-state index in [2.05, 4.69) is 10.4 Å². The van der Waals surface area contributed by atoms with Crippen molar-refractivity contribution in [3.05, 3.63) is 40.7 Å². The third-order valence-corrected chi connectivity index (χ3v) is 3.02. The average Bonchev–Trinajstić information content (AvgIpc) is 2.62. The number of rotatable bonds is 3. The van der Waals surface area contributed by atoms with E-state index in [0.717, 1.165) is 11.4 Å². The van der Waals surface area contributed by atoms with E-state index < -0.39 is 0 Å². The molecule has 5 nitrogen and oxygen atoms in total. The Bertz CT molecular complexity index is 621. The number of anilines is 2. The van der Waals surface area contributed by atoms with Crippen molar-refractivity contribution in [3.8, 4) is 0 Å². The Morgan fingerprint density at radius 2 is 2.16 bits per heavy atom. The number of halogens is 1. The lowest BCUT2D eigenvalue weighted by Gasteiger charge is -2.08. The lowest BCUT2D eigenvalue weighted by Crippen LogP contribution is -2.20. The van der Waals surface area contributed by atoms with Gasteiger partial charge < -0.3 is 11.1 Å². The Labute approximate surface area is 116 Å². The van der Waals surface area contributed by atoms with Gasteiger partial charge in [0, 0.05) is 11.4 Å². The van der Waals surface area contributed by atoms with E-state index in [4.69, 9.17) is 17.3 Å². The summed E-state index contributed by atoms with van der Waals surface area (Å²) in [5, 5.41) is 7.46. The highest BCUT2D eigenvalue weighted by atomic mass is 35.5. The molecule has 0 fully saturated rings. The van der Waals surface area contributed by atoms with Gasteiger partial charge in [-0.25, -0.2) is 0 Å². The van der Waals surface area contributed by atoms with Gasteiger partial charge in [-0.2, -0.15) is 5.10 Å². The average molecular weight is 279 g/mol. The second-order valence-electron chi connectivity index (χ2n) is 4.37. The van der Waals surface area contributed by atoms with Crippen LogP contribution in [0.1, 0.15) is 11.4 Å².